The molecule has 1 aliphatic heterocycles. The van der Waals surface area contributed by atoms with Crippen LogP contribution in [0.5, 0.6) is 0 Å². The average molecular weight is 483 g/mol. The molecule has 8 heteroatoms. The van der Waals surface area contributed by atoms with Gasteiger partial charge in [0.1, 0.15) is 5.60 Å². The van der Waals surface area contributed by atoms with Crippen LogP contribution in [0.3, 0.4) is 0 Å². The number of carbonyl (C=O) groups excluding carboxylic acids is 1. The molecule has 26 heavy (non-hydrogen) atoms. The molecule has 1 aliphatic rings. The molecule has 0 aliphatic carbocycles. The number of hydrogen-bond acceptors (Lipinski definition) is 4. The zero-order valence-electron chi connectivity index (χ0n) is 17.2. The summed E-state index contributed by atoms with van der Waals surface area (Å²) in [5.74, 6) is 0.590. The number of nitrogens with two attached hydrogens (primary N) is 1. The van der Waals surface area contributed by atoms with Crippen LogP contribution in [0.4, 0.5) is 4.79 Å². The molecular weight excluding hydrogens is 445 g/mol. The van der Waals surface area contributed by atoms with Gasteiger partial charge >= 0.3 is 6.09 Å². The van der Waals surface area contributed by atoms with Crippen LogP contribution in [0.25, 0.3) is 0 Å². The smallest absolute Gasteiger partial charge is 0.410 e. The fraction of sp³-hybridized carbons (Fsp3) is 0.889. The van der Waals surface area contributed by atoms with E-state index in [1.165, 1.54) is 0 Å². The molecule has 0 aromatic heterocycles. The second-order valence-electron chi connectivity index (χ2n) is 7.43. The van der Waals surface area contributed by atoms with Gasteiger partial charge in [-0.05, 0) is 53.2 Å². The van der Waals surface area contributed by atoms with Crippen molar-refractivity contribution in [2.45, 2.75) is 53.1 Å². The SMILES string of the molecule is CCN(CC)CCCCN=C(N)N1CCN(C(=O)OC(C)(C)C)CC1.I. The third-order valence-corrected chi connectivity index (χ3v) is 4.31. The molecule has 1 saturated heterocycles. The van der Waals surface area contributed by atoms with E-state index in [2.05, 4.69) is 23.7 Å². The highest BCUT2D eigenvalue weighted by molar-refractivity contribution is 14.0. The lowest BCUT2D eigenvalue weighted by Gasteiger charge is -2.36. The number of ether oxygens (including phenoxy) is 1. The van der Waals surface area contributed by atoms with E-state index in [9.17, 15) is 4.79 Å². The summed E-state index contributed by atoms with van der Waals surface area (Å²) in [6.07, 6.45) is 1.94. The molecule has 0 atom stereocenters. The Hall–Kier alpha value is -0.770. The Morgan fingerprint density at radius 1 is 1.08 bits per heavy atom. The number of nitrogens with zero attached hydrogens (tertiary/aromatic N) is 4. The topological polar surface area (TPSA) is 74.4 Å². The predicted molar refractivity (Wildman–Crippen MR) is 118 cm³/mol. The lowest BCUT2D eigenvalue weighted by atomic mass is 10.2. The van der Waals surface area contributed by atoms with Crippen LogP contribution >= 0.6 is 24.0 Å². The van der Waals surface area contributed by atoms with Crippen molar-refractivity contribution >= 4 is 36.0 Å². The van der Waals surface area contributed by atoms with Crippen molar-refractivity contribution < 1.29 is 9.53 Å². The Kier molecular flexibility index (Phi) is 12.2. The summed E-state index contributed by atoms with van der Waals surface area (Å²) < 4.78 is 5.41. The average Bonchev–Trinajstić information content (AvgIpc) is 2.56. The van der Waals surface area contributed by atoms with Crippen LogP contribution in [0.1, 0.15) is 47.5 Å². The maximum absolute atomic E-state index is 12.1. The van der Waals surface area contributed by atoms with Gasteiger partial charge in [-0.3, -0.25) is 4.99 Å². The molecule has 0 saturated carbocycles. The minimum atomic E-state index is -0.458. The van der Waals surface area contributed by atoms with Crippen molar-refractivity contribution in [3.8, 4) is 0 Å². The summed E-state index contributed by atoms with van der Waals surface area (Å²) in [7, 11) is 0. The van der Waals surface area contributed by atoms with E-state index < -0.39 is 5.60 Å². The maximum Gasteiger partial charge on any atom is 0.410 e. The highest BCUT2D eigenvalue weighted by Crippen LogP contribution is 2.11. The molecule has 1 amide bonds. The molecule has 0 radical (unpaired) electrons. The zero-order chi connectivity index (χ0) is 18.9. The summed E-state index contributed by atoms with van der Waals surface area (Å²) in [6, 6.07) is 0. The largest absolute Gasteiger partial charge is 0.444 e. The van der Waals surface area contributed by atoms with Crippen LogP contribution in [0, 0.1) is 0 Å². The predicted octanol–water partition coefficient (Wildman–Crippen LogP) is 2.59. The van der Waals surface area contributed by atoms with Crippen LogP contribution in [-0.4, -0.2) is 84.7 Å². The van der Waals surface area contributed by atoms with Gasteiger partial charge in [0.15, 0.2) is 5.96 Å². The van der Waals surface area contributed by atoms with E-state index >= 15 is 0 Å². The van der Waals surface area contributed by atoms with Crippen molar-refractivity contribution in [2.24, 2.45) is 10.7 Å². The molecule has 1 fully saturated rings. The van der Waals surface area contributed by atoms with Crippen molar-refractivity contribution in [3.05, 3.63) is 0 Å². The first-order chi connectivity index (χ1) is 11.8. The monoisotopic (exact) mass is 483 g/mol. The number of rotatable bonds is 7. The van der Waals surface area contributed by atoms with E-state index in [1.807, 2.05) is 25.7 Å². The second kappa shape index (κ2) is 12.6. The van der Waals surface area contributed by atoms with Gasteiger partial charge in [0.05, 0.1) is 0 Å². The van der Waals surface area contributed by atoms with Crippen LogP contribution in [0.15, 0.2) is 4.99 Å². The Balaban J connectivity index is 0.00000625. The number of unbranched alkanes of at least 4 members (excludes halogenated alkanes) is 1. The molecule has 2 N–H and O–H groups in total. The molecule has 0 spiro atoms. The zero-order valence-corrected chi connectivity index (χ0v) is 19.5. The molecule has 1 heterocycles. The first-order valence-corrected chi connectivity index (χ1v) is 9.52. The van der Waals surface area contributed by atoms with Gasteiger partial charge < -0.3 is 25.2 Å². The molecule has 7 nitrogen and oxygen atoms in total. The van der Waals surface area contributed by atoms with Crippen LogP contribution in [-0.2, 0) is 4.74 Å². The third kappa shape index (κ3) is 9.80. The first-order valence-electron chi connectivity index (χ1n) is 9.52. The van der Waals surface area contributed by atoms with Gasteiger partial charge in [-0.25, -0.2) is 4.79 Å². The number of hydrogen-bond donors (Lipinski definition) is 1. The van der Waals surface area contributed by atoms with E-state index in [0.717, 1.165) is 39.0 Å². The van der Waals surface area contributed by atoms with E-state index in [4.69, 9.17) is 10.5 Å². The third-order valence-electron chi connectivity index (χ3n) is 4.31. The quantitative estimate of drug-likeness (QED) is 0.261. The molecule has 0 unspecified atom stereocenters. The van der Waals surface area contributed by atoms with Crippen molar-refractivity contribution in [1.29, 1.82) is 0 Å². The standard InChI is InChI=1S/C18H37N5O2.HI/c1-6-21(7-2)11-9-8-10-20-16(19)22-12-14-23(15-13-22)17(24)25-18(3,4)5;/h6-15H2,1-5H3,(H2,19,20);1H. The maximum atomic E-state index is 12.1. The Bertz CT molecular complexity index is 428. The number of amides is 1. The van der Waals surface area contributed by atoms with Gasteiger partial charge in [0, 0.05) is 32.7 Å². The number of guanidine groups is 1. The molecule has 154 valence electrons. The lowest BCUT2D eigenvalue weighted by Crippen LogP contribution is -2.53. The van der Waals surface area contributed by atoms with Crippen molar-refractivity contribution in [2.75, 3.05) is 52.4 Å². The van der Waals surface area contributed by atoms with Gasteiger partial charge in [0.25, 0.3) is 0 Å². The molecule has 0 bridgehead atoms. The number of piperazine rings is 1. The van der Waals surface area contributed by atoms with Gasteiger partial charge in [-0.1, -0.05) is 13.8 Å². The first kappa shape index (κ1) is 25.2. The second-order valence-corrected chi connectivity index (χ2v) is 7.43. The van der Waals surface area contributed by atoms with E-state index in [1.54, 1.807) is 4.90 Å². The number of carbonyl (C=O) groups is 1. The summed E-state index contributed by atoms with van der Waals surface area (Å²) >= 11 is 0. The summed E-state index contributed by atoms with van der Waals surface area (Å²) in [4.78, 5) is 22.8. The highest BCUT2D eigenvalue weighted by atomic mass is 127. The Morgan fingerprint density at radius 2 is 1.62 bits per heavy atom. The highest BCUT2D eigenvalue weighted by Gasteiger charge is 2.26. The van der Waals surface area contributed by atoms with Crippen LogP contribution < -0.4 is 5.73 Å². The van der Waals surface area contributed by atoms with Gasteiger partial charge in [-0.2, -0.15) is 0 Å². The van der Waals surface area contributed by atoms with Crippen LogP contribution in [0.2, 0.25) is 0 Å². The minimum Gasteiger partial charge on any atom is -0.444 e. The molecule has 0 aromatic carbocycles. The fourth-order valence-electron chi connectivity index (χ4n) is 2.73. The number of aliphatic imine (C=N–C) groups is 1. The van der Waals surface area contributed by atoms with Crippen molar-refractivity contribution in [3.63, 3.8) is 0 Å². The van der Waals surface area contributed by atoms with Gasteiger partial charge in [0.2, 0.25) is 0 Å². The molecule has 1 rings (SSSR count). The minimum absolute atomic E-state index is 0. The fourth-order valence-corrected chi connectivity index (χ4v) is 2.73. The van der Waals surface area contributed by atoms with Gasteiger partial charge in [-0.15, -0.1) is 24.0 Å². The summed E-state index contributed by atoms with van der Waals surface area (Å²) in [5.41, 5.74) is 5.64. The Labute approximate surface area is 176 Å². The van der Waals surface area contributed by atoms with E-state index in [0.29, 0.717) is 32.1 Å². The van der Waals surface area contributed by atoms with E-state index in [-0.39, 0.29) is 30.1 Å². The summed E-state index contributed by atoms with van der Waals surface area (Å²) in [6.45, 7) is 16.8. The van der Waals surface area contributed by atoms with Crippen molar-refractivity contribution in [1.82, 2.24) is 14.7 Å². The molecular formula is C18H38IN5O2. The molecule has 0 aromatic rings. The Morgan fingerprint density at radius 3 is 2.12 bits per heavy atom. The summed E-state index contributed by atoms with van der Waals surface area (Å²) in [5, 5.41) is 0. The lowest BCUT2D eigenvalue weighted by molar-refractivity contribution is 0.0186. The normalized spacial score (nSPS) is 15.8. The number of halogens is 1.